The summed E-state index contributed by atoms with van der Waals surface area (Å²) in [6.07, 6.45) is 1.39. The summed E-state index contributed by atoms with van der Waals surface area (Å²) in [6.45, 7) is 4.04. The van der Waals surface area contributed by atoms with Crippen molar-refractivity contribution in [2.75, 3.05) is 0 Å². The van der Waals surface area contributed by atoms with E-state index in [0.717, 1.165) is 12.0 Å². The minimum atomic E-state index is -0.333. The molecule has 124 valence electrons. The summed E-state index contributed by atoms with van der Waals surface area (Å²) < 4.78 is 12.0. The Balaban J connectivity index is 1.77. The summed E-state index contributed by atoms with van der Waals surface area (Å²) in [6, 6.07) is 11.4. The maximum atomic E-state index is 12.6. The lowest BCUT2D eigenvalue weighted by atomic mass is 9.89. The molecule has 2 aromatic rings. The highest BCUT2D eigenvalue weighted by atomic mass is 16.5. The minimum absolute atomic E-state index is 0.0227. The Morgan fingerprint density at radius 3 is 2.67 bits per heavy atom. The Kier molecular flexibility index (Phi) is 3.30. The highest BCUT2D eigenvalue weighted by molar-refractivity contribution is 6.03. The highest BCUT2D eigenvalue weighted by Gasteiger charge is 2.36. The lowest BCUT2D eigenvalue weighted by Gasteiger charge is -2.35. The molecule has 4 rings (SSSR count). The summed E-state index contributed by atoms with van der Waals surface area (Å²) in [5.41, 5.74) is 1.67. The number of Topliss-reactive ketones (excluding diaryl/α,β-unsaturated/α-hetero) is 1. The van der Waals surface area contributed by atoms with Crippen LogP contribution < -0.4 is 9.47 Å². The molecule has 1 unspecified atom stereocenters. The fourth-order valence-electron chi connectivity index (χ4n) is 3.45. The van der Waals surface area contributed by atoms with Crippen molar-refractivity contribution in [3.8, 4) is 17.2 Å². The van der Waals surface area contributed by atoms with Crippen molar-refractivity contribution in [1.82, 2.24) is 0 Å². The predicted molar refractivity (Wildman–Crippen MR) is 89.9 cm³/mol. The van der Waals surface area contributed by atoms with Crippen molar-refractivity contribution in [1.29, 1.82) is 0 Å². The van der Waals surface area contributed by atoms with Crippen molar-refractivity contribution in [2.24, 2.45) is 0 Å². The van der Waals surface area contributed by atoms with E-state index in [1.807, 2.05) is 44.2 Å². The van der Waals surface area contributed by atoms with Crippen LogP contribution in [0.15, 0.2) is 36.4 Å². The monoisotopic (exact) mass is 324 g/mol. The molecule has 4 heteroatoms. The fourth-order valence-corrected chi connectivity index (χ4v) is 3.45. The van der Waals surface area contributed by atoms with Gasteiger partial charge in [0.1, 0.15) is 34.5 Å². The molecule has 0 saturated heterocycles. The van der Waals surface area contributed by atoms with Crippen LogP contribution in [0.4, 0.5) is 0 Å². The number of aromatic hydroxyl groups is 1. The smallest absolute Gasteiger partial charge is 0.174 e. The predicted octanol–water partition coefficient (Wildman–Crippen LogP) is 4.20. The molecule has 2 aliphatic heterocycles. The summed E-state index contributed by atoms with van der Waals surface area (Å²) in [5.74, 6) is 0.961. The SMILES string of the molecule is CC1(C)CCc2c(cc3c(c2O)C(=O)CC(c2ccccc2)O3)O1. The second-order valence-electron chi connectivity index (χ2n) is 7.08. The topological polar surface area (TPSA) is 55.8 Å². The Bertz CT molecular complexity index is 808. The van der Waals surface area contributed by atoms with E-state index in [1.165, 1.54) is 0 Å². The van der Waals surface area contributed by atoms with Crippen molar-refractivity contribution in [3.63, 3.8) is 0 Å². The summed E-state index contributed by atoms with van der Waals surface area (Å²) in [7, 11) is 0. The molecule has 0 fully saturated rings. The Labute approximate surface area is 141 Å². The third-order valence-corrected chi connectivity index (χ3v) is 4.78. The van der Waals surface area contributed by atoms with Gasteiger partial charge in [-0.2, -0.15) is 0 Å². The molecule has 0 bridgehead atoms. The molecule has 0 aromatic heterocycles. The summed E-state index contributed by atoms with van der Waals surface area (Å²) >= 11 is 0. The van der Waals surface area contributed by atoms with Gasteiger partial charge in [-0.3, -0.25) is 4.79 Å². The number of ketones is 1. The fraction of sp³-hybridized carbons (Fsp3) is 0.350. The van der Waals surface area contributed by atoms with Gasteiger partial charge in [-0.1, -0.05) is 30.3 Å². The lowest BCUT2D eigenvalue weighted by Crippen LogP contribution is -2.33. The molecule has 0 amide bonds. The normalized spacial score (nSPS) is 21.2. The van der Waals surface area contributed by atoms with Gasteiger partial charge in [-0.05, 0) is 32.3 Å². The third kappa shape index (κ3) is 2.42. The van der Waals surface area contributed by atoms with Gasteiger partial charge in [0.2, 0.25) is 0 Å². The maximum Gasteiger partial charge on any atom is 0.174 e. The molecule has 0 spiro atoms. The molecule has 1 N–H and O–H groups in total. The molecule has 0 aliphatic carbocycles. The van der Waals surface area contributed by atoms with Crippen molar-refractivity contribution in [2.45, 2.75) is 44.8 Å². The Hall–Kier alpha value is -2.49. The first-order valence-corrected chi connectivity index (χ1v) is 8.27. The van der Waals surface area contributed by atoms with Crippen LogP contribution in [0.2, 0.25) is 0 Å². The lowest BCUT2D eigenvalue weighted by molar-refractivity contribution is 0.0783. The van der Waals surface area contributed by atoms with Gasteiger partial charge >= 0.3 is 0 Å². The molecule has 2 aromatic carbocycles. The number of phenols is 1. The minimum Gasteiger partial charge on any atom is -0.507 e. The van der Waals surface area contributed by atoms with Crippen molar-refractivity contribution in [3.05, 3.63) is 53.1 Å². The van der Waals surface area contributed by atoms with E-state index in [0.29, 0.717) is 29.0 Å². The maximum absolute atomic E-state index is 12.6. The van der Waals surface area contributed by atoms with Crippen LogP contribution in [0.5, 0.6) is 17.2 Å². The molecular formula is C20H20O4. The number of benzene rings is 2. The van der Waals surface area contributed by atoms with E-state index in [4.69, 9.17) is 9.47 Å². The van der Waals surface area contributed by atoms with Gasteiger partial charge in [0.05, 0.1) is 6.42 Å². The summed E-state index contributed by atoms with van der Waals surface area (Å²) in [5, 5.41) is 10.6. The van der Waals surface area contributed by atoms with Crippen molar-refractivity contribution < 1.29 is 19.4 Å². The largest absolute Gasteiger partial charge is 0.507 e. The van der Waals surface area contributed by atoms with Gasteiger partial charge < -0.3 is 14.6 Å². The van der Waals surface area contributed by atoms with E-state index in [-0.39, 0.29) is 29.7 Å². The zero-order valence-electron chi connectivity index (χ0n) is 13.8. The number of hydrogen-bond donors (Lipinski definition) is 1. The zero-order valence-corrected chi connectivity index (χ0v) is 13.8. The van der Waals surface area contributed by atoms with E-state index in [2.05, 4.69) is 0 Å². The number of rotatable bonds is 1. The molecule has 0 radical (unpaired) electrons. The third-order valence-electron chi connectivity index (χ3n) is 4.78. The standard InChI is InChI=1S/C20H20O4/c1-20(2)9-8-13-16(24-20)11-17-18(19(13)22)14(21)10-15(23-17)12-6-4-3-5-7-12/h3-7,11,15,22H,8-10H2,1-2H3. The first-order chi connectivity index (χ1) is 11.4. The molecule has 4 nitrogen and oxygen atoms in total. The second-order valence-corrected chi connectivity index (χ2v) is 7.08. The van der Waals surface area contributed by atoms with E-state index >= 15 is 0 Å². The summed E-state index contributed by atoms with van der Waals surface area (Å²) in [4.78, 5) is 12.6. The molecule has 24 heavy (non-hydrogen) atoms. The van der Waals surface area contributed by atoms with Gasteiger partial charge in [0, 0.05) is 11.6 Å². The quantitative estimate of drug-likeness (QED) is 0.854. The number of ether oxygens (including phenoxy) is 2. The first-order valence-electron chi connectivity index (χ1n) is 8.27. The van der Waals surface area contributed by atoms with Crippen molar-refractivity contribution >= 4 is 5.78 Å². The van der Waals surface area contributed by atoms with Crippen LogP contribution in [-0.2, 0) is 6.42 Å². The van der Waals surface area contributed by atoms with Gasteiger partial charge in [-0.15, -0.1) is 0 Å². The number of carbonyl (C=O) groups excluding carboxylic acids is 1. The van der Waals surface area contributed by atoms with Gasteiger partial charge in [0.15, 0.2) is 5.78 Å². The average Bonchev–Trinajstić information content (AvgIpc) is 2.54. The van der Waals surface area contributed by atoms with Crippen LogP contribution in [0, 0.1) is 0 Å². The van der Waals surface area contributed by atoms with E-state index in [1.54, 1.807) is 6.07 Å². The Morgan fingerprint density at radius 1 is 1.17 bits per heavy atom. The van der Waals surface area contributed by atoms with Gasteiger partial charge in [0.25, 0.3) is 0 Å². The van der Waals surface area contributed by atoms with Crippen LogP contribution >= 0.6 is 0 Å². The van der Waals surface area contributed by atoms with E-state index < -0.39 is 0 Å². The molecule has 1 atom stereocenters. The highest BCUT2D eigenvalue weighted by Crippen LogP contribution is 2.47. The number of phenolic OH excluding ortho intramolecular Hbond substituents is 1. The van der Waals surface area contributed by atoms with Crippen LogP contribution in [0.3, 0.4) is 0 Å². The molecule has 2 aliphatic rings. The second kappa shape index (κ2) is 5.26. The van der Waals surface area contributed by atoms with Crippen LogP contribution in [-0.4, -0.2) is 16.5 Å². The van der Waals surface area contributed by atoms with Crippen LogP contribution in [0.25, 0.3) is 0 Å². The van der Waals surface area contributed by atoms with Crippen LogP contribution in [0.1, 0.15) is 54.3 Å². The Morgan fingerprint density at radius 2 is 1.92 bits per heavy atom. The molecule has 0 saturated carbocycles. The van der Waals surface area contributed by atoms with E-state index in [9.17, 15) is 9.90 Å². The molecular weight excluding hydrogens is 304 g/mol. The van der Waals surface area contributed by atoms with Gasteiger partial charge in [-0.25, -0.2) is 0 Å². The first kappa shape index (κ1) is 15.1. The number of hydrogen-bond acceptors (Lipinski definition) is 4. The number of carbonyl (C=O) groups is 1. The number of fused-ring (bicyclic) bond motifs is 2. The average molecular weight is 324 g/mol. The molecule has 2 heterocycles. The zero-order chi connectivity index (χ0) is 16.9.